The summed E-state index contributed by atoms with van der Waals surface area (Å²) >= 11 is 0. The molecule has 6 aliphatic rings. The summed E-state index contributed by atoms with van der Waals surface area (Å²) in [4.78, 5) is 24.1. The number of hydrogen-bond acceptors (Lipinski definition) is 3. The van der Waals surface area contributed by atoms with Crippen LogP contribution in [-0.4, -0.2) is 17.4 Å². The summed E-state index contributed by atoms with van der Waals surface area (Å²) in [6.45, 7) is 2.45. The molecule has 1 aliphatic heterocycles. The minimum atomic E-state index is -0.158. The first-order chi connectivity index (χ1) is 12.5. The monoisotopic (exact) mass is 354 g/mol. The molecule has 26 heavy (non-hydrogen) atoms. The van der Waals surface area contributed by atoms with E-state index in [1.54, 1.807) is 5.57 Å². The molecule has 0 aromatic heterocycles. The van der Waals surface area contributed by atoms with E-state index in [0.717, 1.165) is 37.5 Å². The largest absolute Gasteiger partial charge is 0.458 e. The summed E-state index contributed by atoms with van der Waals surface area (Å²) in [7, 11) is 0. The van der Waals surface area contributed by atoms with E-state index >= 15 is 0 Å². The second-order valence-electron chi connectivity index (χ2n) is 10.6. The van der Waals surface area contributed by atoms with Crippen molar-refractivity contribution in [1.82, 2.24) is 0 Å². The molecule has 6 atom stereocenters. The zero-order valence-corrected chi connectivity index (χ0v) is 15.9. The van der Waals surface area contributed by atoms with E-state index in [0.29, 0.717) is 29.5 Å². The first-order valence-electron chi connectivity index (χ1n) is 10.9. The number of rotatable bonds is 0. The predicted octanol–water partition coefficient (Wildman–Crippen LogP) is 4.59. The molecule has 3 nitrogen and oxygen atoms in total. The van der Waals surface area contributed by atoms with E-state index < -0.39 is 0 Å². The van der Waals surface area contributed by atoms with Crippen LogP contribution in [0, 0.1) is 34.5 Å². The van der Waals surface area contributed by atoms with E-state index in [9.17, 15) is 9.59 Å². The van der Waals surface area contributed by atoms with E-state index in [2.05, 4.69) is 13.0 Å². The molecule has 0 bridgehead atoms. The zero-order valence-electron chi connectivity index (χ0n) is 15.9. The van der Waals surface area contributed by atoms with Crippen LogP contribution in [0.5, 0.6) is 0 Å². The van der Waals surface area contributed by atoms with Crippen LogP contribution >= 0.6 is 0 Å². The van der Waals surface area contributed by atoms with Gasteiger partial charge >= 0.3 is 5.97 Å². The standard InChI is InChI=1S/C23H30O3/c1-21-7-4-15-16-3-2-14(24)12-19(16)22(10-11-22)13-17(15)18(21)5-8-23(21)9-6-20(25)26-23/h12,15-18H,2-11,13H2,1H3/t15?,16-,17?,18?,21+,23-/m1/s1. The molecule has 0 aromatic carbocycles. The van der Waals surface area contributed by atoms with Gasteiger partial charge in [0.25, 0.3) is 0 Å². The fourth-order valence-electron chi connectivity index (χ4n) is 8.41. The van der Waals surface area contributed by atoms with Crippen molar-refractivity contribution in [2.75, 3.05) is 0 Å². The molecule has 1 saturated heterocycles. The average molecular weight is 354 g/mol. The number of hydrogen-bond donors (Lipinski definition) is 0. The molecule has 5 aliphatic carbocycles. The predicted molar refractivity (Wildman–Crippen MR) is 97.2 cm³/mol. The van der Waals surface area contributed by atoms with Crippen LogP contribution in [0.2, 0.25) is 0 Å². The van der Waals surface area contributed by atoms with Gasteiger partial charge in [-0.2, -0.15) is 0 Å². The first-order valence-corrected chi connectivity index (χ1v) is 10.9. The highest BCUT2D eigenvalue weighted by Gasteiger charge is 2.68. The molecule has 2 spiro atoms. The van der Waals surface area contributed by atoms with Crippen molar-refractivity contribution >= 4 is 11.8 Å². The van der Waals surface area contributed by atoms with Crippen molar-refractivity contribution in [3.8, 4) is 0 Å². The third-order valence-electron chi connectivity index (χ3n) is 9.85. The van der Waals surface area contributed by atoms with Crippen LogP contribution in [0.3, 0.4) is 0 Å². The Labute approximate surface area is 155 Å². The number of ketones is 1. The normalized spacial score (nSPS) is 50.9. The van der Waals surface area contributed by atoms with Crippen LogP contribution in [0.1, 0.15) is 77.6 Å². The van der Waals surface area contributed by atoms with Gasteiger partial charge in [-0.15, -0.1) is 0 Å². The molecule has 4 saturated carbocycles. The Hall–Kier alpha value is -1.12. The van der Waals surface area contributed by atoms with Gasteiger partial charge in [0.15, 0.2) is 5.78 Å². The number of fused-ring (bicyclic) bond motifs is 7. The topological polar surface area (TPSA) is 43.4 Å². The van der Waals surface area contributed by atoms with Crippen molar-refractivity contribution < 1.29 is 14.3 Å². The van der Waals surface area contributed by atoms with Gasteiger partial charge in [0.05, 0.1) is 0 Å². The molecule has 3 unspecified atom stereocenters. The lowest BCUT2D eigenvalue weighted by molar-refractivity contribution is -0.167. The van der Waals surface area contributed by atoms with Crippen molar-refractivity contribution in [2.45, 2.75) is 83.2 Å². The number of allylic oxidation sites excluding steroid dienone is 1. The Bertz CT molecular complexity index is 732. The summed E-state index contributed by atoms with van der Waals surface area (Å²) in [6.07, 6.45) is 14.2. The molecule has 0 radical (unpaired) electrons. The summed E-state index contributed by atoms with van der Waals surface area (Å²) in [6, 6.07) is 0. The Morgan fingerprint density at radius 3 is 2.54 bits per heavy atom. The maximum Gasteiger partial charge on any atom is 0.306 e. The van der Waals surface area contributed by atoms with Gasteiger partial charge in [0.1, 0.15) is 5.60 Å². The third-order valence-corrected chi connectivity index (χ3v) is 9.85. The van der Waals surface area contributed by atoms with E-state index in [1.165, 1.54) is 38.5 Å². The lowest BCUT2D eigenvalue weighted by atomic mass is 9.48. The Balaban J connectivity index is 1.38. The number of esters is 1. The molecular formula is C23H30O3. The zero-order chi connectivity index (χ0) is 17.7. The SMILES string of the molecule is C[C@]12CCC3C(CC4(CC4)C4=CC(=O)CC[C@@H]43)C1CC[C@@]21CCC(=O)O1. The quantitative estimate of drug-likeness (QED) is 0.597. The van der Waals surface area contributed by atoms with Crippen LogP contribution < -0.4 is 0 Å². The number of ether oxygens (including phenoxy) is 1. The van der Waals surface area contributed by atoms with E-state index in [1.807, 2.05) is 0 Å². The average Bonchev–Trinajstić information content (AvgIpc) is 3.19. The fraction of sp³-hybridized carbons (Fsp3) is 0.826. The molecule has 0 N–H and O–H groups in total. The number of carbonyl (C=O) groups is 2. The third kappa shape index (κ3) is 1.81. The second kappa shape index (κ2) is 4.83. The van der Waals surface area contributed by atoms with E-state index in [4.69, 9.17) is 4.74 Å². The highest BCUT2D eigenvalue weighted by atomic mass is 16.6. The van der Waals surface area contributed by atoms with Crippen LogP contribution in [0.25, 0.3) is 0 Å². The van der Waals surface area contributed by atoms with Crippen molar-refractivity contribution in [3.05, 3.63) is 11.6 Å². The smallest absolute Gasteiger partial charge is 0.306 e. The molecule has 3 heteroatoms. The lowest BCUT2D eigenvalue weighted by Crippen LogP contribution is -2.53. The Kier molecular flexibility index (Phi) is 2.95. The van der Waals surface area contributed by atoms with Gasteiger partial charge in [-0.25, -0.2) is 0 Å². The fourth-order valence-corrected chi connectivity index (χ4v) is 8.41. The van der Waals surface area contributed by atoms with Gasteiger partial charge in [0.2, 0.25) is 0 Å². The second-order valence-corrected chi connectivity index (χ2v) is 10.6. The molecule has 6 rings (SSSR count). The van der Waals surface area contributed by atoms with Gasteiger partial charge in [-0.1, -0.05) is 12.5 Å². The minimum Gasteiger partial charge on any atom is -0.458 e. The molecule has 0 amide bonds. The highest BCUT2D eigenvalue weighted by molar-refractivity contribution is 5.91. The molecule has 1 heterocycles. The van der Waals surface area contributed by atoms with Crippen LogP contribution in [0.4, 0.5) is 0 Å². The van der Waals surface area contributed by atoms with Crippen molar-refractivity contribution in [2.24, 2.45) is 34.5 Å². The van der Waals surface area contributed by atoms with E-state index in [-0.39, 0.29) is 17.0 Å². The maximum absolute atomic E-state index is 12.1. The molecule has 5 fully saturated rings. The van der Waals surface area contributed by atoms with Crippen LogP contribution in [0.15, 0.2) is 11.6 Å². The molecule has 0 aromatic rings. The van der Waals surface area contributed by atoms with Gasteiger partial charge in [-0.3, -0.25) is 9.59 Å². The summed E-state index contributed by atoms with van der Waals surface area (Å²) < 4.78 is 6.06. The van der Waals surface area contributed by atoms with Gasteiger partial charge < -0.3 is 4.74 Å². The molecular weight excluding hydrogens is 324 g/mol. The Morgan fingerprint density at radius 2 is 1.81 bits per heavy atom. The minimum absolute atomic E-state index is 0.0346. The number of carbonyl (C=O) groups excluding carboxylic acids is 2. The van der Waals surface area contributed by atoms with Crippen LogP contribution in [-0.2, 0) is 14.3 Å². The first kappa shape index (κ1) is 15.9. The van der Waals surface area contributed by atoms with Gasteiger partial charge in [0, 0.05) is 18.3 Å². The Morgan fingerprint density at radius 1 is 0.962 bits per heavy atom. The lowest BCUT2D eigenvalue weighted by Gasteiger charge is -2.57. The van der Waals surface area contributed by atoms with Crippen molar-refractivity contribution in [3.63, 3.8) is 0 Å². The summed E-state index contributed by atoms with van der Waals surface area (Å²) in [5.74, 6) is 3.34. The van der Waals surface area contributed by atoms with Gasteiger partial charge in [-0.05, 0) is 93.0 Å². The highest BCUT2D eigenvalue weighted by Crippen LogP contribution is 2.73. The van der Waals surface area contributed by atoms with Crippen molar-refractivity contribution in [1.29, 1.82) is 0 Å². The summed E-state index contributed by atoms with van der Waals surface area (Å²) in [5.41, 5.74) is 1.96. The maximum atomic E-state index is 12.1. The molecule has 140 valence electrons. The summed E-state index contributed by atoms with van der Waals surface area (Å²) in [5, 5.41) is 0.